The van der Waals surface area contributed by atoms with Crippen LogP contribution in [0.4, 0.5) is 13.2 Å². The zero-order valence-electron chi connectivity index (χ0n) is 7.23. The largest absolute Gasteiger partial charge is 0.393 e. The van der Waals surface area contributed by atoms with Gasteiger partial charge in [-0.3, -0.25) is 4.98 Å². The molecule has 0 fully saturated rings. The minimum Gasteiger partial charge on any atom is -0.264 e. The summed E-state index contributed by atoms with van der Waals surface area (Å²) in [6, 6.07) is 1.54. The summed E-state index contributed by atoms with van der Waals surface area (Å²) in [7, 11) is 0. The van der Waals surface area contributed by atoms with Gasteiger partial charge in [0.1, 0.15) is 0 Å². The van der Waals surface area contributed by atoms with Gasteiger partial charge >= 0.3 is 6.18 Å². The highest BCUT2D eigenvalue weighted by molar-refractivity contribution is 5.18. The minimum atomic E-state index is -4.14. The summed E-state index contributed by atoms with van der Waals surface area (Å²) in [5.74, 6) is 0. The molecule has 0 N–H and O–H groups in total. The third-order valence-electron chi connectivity index (χ3n) is 1.66. The Morgan fingerprint density at radius 1 is 1.23 bits per heavy atom. The van der Waals surface area contributed by atoms with Crippen LogP contribution in [0.5, 0.6) is 0 Å². The highest BCUT2D eigenvalue weighted by Gasteiger charge is 2.27. The Kier molecular flexibility index (Phi) is 2.90. The van der Waals surface area contributed by atoms with Gasteiger partial charge in [-0.1, -0.05) is 13.0 Å². The molecule has 0 aromatic carbocycles. The van der Waals surface area contributed by atoms with Crippen molar-refractivity contribution in [2.45, 2.75) is 25.9 Å². The molecule has 1 rings (SSSR count). The molecule has 0 unspecified atom stereocenters. The van der Waals surface area contributed by atoms with Crippen molar-refractivity contribution in [3.8, 4) is 0 Å². The maximum atomic E-state index is 11.9. The van der Waals surface area contributed by atoms with E-state index in [9.17, 15) is 13.2 Å². The molecule has 0 saturated carbocycles. The normalized spacial score (nSPS) is 11.7. The quantitative estimate of drug-likeness (QED) is 0.697. The van der Waals surface area contributed by atoms with Gasteiger partial charge in [0, 0.05) is 12.4 Å². The first-order chi connectivity index (χ1) is 6.01. The van der Waals surface area contributed by atoms with E-state index in [4.69, 9.17) is 0 Å². The predicted molar refractivity (Wildman–Crippen MR) is 43.4 cm³/mol. The number of hydrogen-bond acceptors (Lipinski definition) is 1. The third-order valence-corrected chi connectivity index (χ3v) is 1.66. The SMILES string of the molecule is CCc1cncc(CC(F)(F)F)c1. The average Bonchev–Trinajstić information content (AvgIpc) is 2.01. The monoisotopic (exact) mass is 189 g/mol. The number of pyridine rings is 1. The molecule has 1 aromatic heterocycles. The average molecular weight is 189 g/mol. The first-order valence-corrected chi connectivity index (χ1v) is 4.01. The summed E-state index contributed by atoms with van der Waals surface area (Å²) >= 11 is 0. The number of aryl methyl sites for hydroxylation is 1. The van der Waals surface area contributed by atoms with Gasteiger partial charge in [0.15, 0.2) is 0 Å². The van der Waals surface area contributed by atoms with E-state index in [-0.39, 0.29) is 5.56 Å². The molecule has 0 saturated heterocycles. The molecule has 0 atom stereocenters. The molecule has 0 amide bonds. The van der Waals surface area contributed by atoms with Gasteiger partial charge in [-0.05, 0) is 17.5 Å². The second-order valence-corrected chi connectivity index (χ2v) is 2.85. The van der Waals surface area contributed by atoms with Crippen LogP contribution in [0.2, 0.25) is 0 Å². The number of nitrogens with zero attached hydrogens (tertiary/aromatic N) is 1. The van der Waals surface area contributed by atoms with Crippen molar-refractivity contribution in [3.63, 3.8) is 0 Å². The van der Waals surface area contributed by atoms with E-state index in [0.717, 1.165) is 5.56 Å². The zero-order valence-corrected chi connectivity index (χ0v) is 7.23. The maximum Gasteiger partial charge on any atom is 0.393 e. The standard InChI is InChI=1S/C9H10F3N/c1-2-7-3-8(6-13-5-7)4-9(10,11)12/h3,5-6H,2,4H2,1H3. The van der Waals surface area contributed by atoms with E-state index < -0.39 is 12.6 Å². The predicted octanol–water partition coefficient (Wildman–Crippen LogP) is 2.75. The molecule has 13 heavy (non-hydrogen) atoms. The lowest BCUT2D eigenvalue weighted by atomic mass is 10.1. The summed E-state index contributed by atoms with van der Waals surface area (Å²) in [4.78, 5) is 3.74. The zero-order chi connectivity index (χ0) is 9.90. The second kappa shape index (κ2) is 3.77. The summed E-state index contributed by atoms with van der Waals surface area (Å²) in [6.45, 7) is 1.88. The number of hydrogen-bond donors (Lipinski definition) is 0. The highest BCUT2D eigenvalue weighted by atomic mass is 19.4. The van der Waals surface area contributed by atoms with Crippen LogP contribution >= 0.6 is 0 Å². The topological polar surface area (TPSA) is 12.9 Å². The van der Waals surface area contributed by atoms with Crippen molar-refractivity contribution < 1.29 is 13.2 Å². The third kappa shape index (κ3) is 3.44. The first-order valence-electron chi connectivity index (χ1n) is 4.01. The fourth-order valence-corrected chi connectivity index (χ4v) is 1.06. The van der Waals surface area contributed by atoms with Crippen LogP contribution < -0.4 is 0 Å². The van der Waals surface area contributed by atoms with Gasteiger partial charge in [0.2, 0.25) is 0 Å². The molecule has 4 heteroatoms. The molecule has 0 spiro atoms. The second-order valence-electron chi connectivity index (χ2n) is 2.85. The van der Waals surface area contributed by atoms with Crippen LogP contribution in [0, 0.1) is 0 Å². The lowest BCUT2D eigenvalue weighted by molar-refractivity contribution is -0.127. The molecule has 1 aromatic rings. The van der Waals surface area contributed by atoms with E-state index in [0.29, 0.717) is 6.42 Å². The molecular weight excluding hydrogens is 179 g/mol. The Bertz CT molecular complexity index is 280. The summed E-state index contributed by atoms with van der Waals surface area (Å²) in [6.07, 6.45) is -1.49. The first kappa shape index (κ1) is 10.0. The molecule has 0 aliphatic rings. The van der Waals surface area contributed by atoms with Crippen molar-refractivity contribution in [2.75, 3.05) is 0 Å². The van der Waals surface area contributed by atoms with Crippen LogP contribution in [0.1, 0.15) is 18.1 Å². The molecule has 72 valence electrons. The number of rotatable bonds is 2. The smallest absolute Gasteiger partial charge is 0.264 e. The van der Waals surface area contributed by atoms with Gasteiger partial charge in [-0.15, -0.1) is 0 Å². The van der Waals surface area contributed by atoms with Crippen molar-refractivity contribution in [3.05, 3.63) is 29.6 Å². The van der Waals surface area contributed by atoms with Crippen LogP contribution in [-0.2, 0) is 12.8 Å². The number of halogens is 3. The lowest BCUT2D eigenvalue weighted by Gasteiger charge is -2.06. The fourth-order valence-electron chi connectivity index (χ4n) is 1.06. The lowest BCUT2D eigenvalue weighted by Crippen LogP contribution is -2.11. The van der Waals surface area contributed by atoms with Crippen molar-refractivity contribution in [1.82, 2.24) is 4.98 Å². The maximum absolute atomic E-state index is 11.9. The van der Waals surface area contributed by atoms with Crippen LogP contribution in [-0.4, -0.2) is 11.2 Å². The Balaban J connectivity index is 2.78. The molecule has 1 nitrogen and oxygen atoms in total. The number of alkyl halides is 3. The van der Waals surface area contributed by atoms with Crippen LogP contribution in [0.15, 0.2) is 18.5 Å². The van der Waals surface area contributed by atoms with Gasteiger partial charge in [-0.2, -0.15) is 13.2 Å². The summed E-state index contributed by atoms with van der Waals surface area (Å²) in [5, 5.41) is 0. The Morgan fingerprint density at radius 3 is 2.38 bits per heavy atom. The van der Waals surface area contributed by atoms with Gasteiger partial charge in [0.25, 0.3) is 0 Å². The molecule has 0 aliphatic carbocycles. The summed E-state index contributed by atoms with van der Waals surface area (Å²) in [5.41, 5.74) is 1.06. The van der Waals surface area contributed by atoms with E-state index in [1.165, 1.54) is 6.20 Å². The van der Waals surface area contributed by atoms with E-state index in [2.05, 4.69) is 4.98 Å². The van der Waals surface area contributed by atoms with E-state index >= 15 is 0 Å². The minimum absolute atomic E-state index is 0.229. The Morgan fingerprint density at radius 2 is 1.85 bits per heavy atom. The van der Waals surface area contributed by atoms with Gasteiger partial charge < -0.3 is 0 Å². The van der Waals surface area contributed by atoms with Crippen molar-refractivity contribution in [2.24, 2.45) is 0 Å². The van der Waals surface area contributed by atoms with Crippen LogP contribution in [0.25, 0.3) is 0 Å². The molecule has 0 bridgehead atoms. The Labute approximate surface area is 74.6 Å². The summed E-state index contributed by atoms with van der Waals surface area (Å²) < 4.78 is 35.8. The van der Waals surface area contributed by atoms with Gasteiger partial charge in [0.05, 0.1) is 6.42 Å². The molecule has 1 heterocycles. The highest BCUT2D eigenvalue weighted by Crippen LogP contribution is 2.21. The number of aromatic nitrogens is 1. The molecular formula is C9H10F3N. The van der Waals surface area contributed by atoms with Gasteiger partial charge in [-0.25, -0.2) is 0 Å². The van der Waals surface area contributed by atoms with Crippen LogP contribution in [0.3, 0.4) is 0 Å². The van der Waals surface area contributed by atoms with Crippen molar-refractivity contribution in [1.29, 1.82) is 0 Å². The van der Waals surface area contributed by atoms with E-state index in [1.54, 1.807) is 12.3 Å². The molecule has 0 radical (unpaired) electrons. The van der Waals surface area contributed by atoms with Crippen molar-refractivity contribution >= 4 is 0 Å². The fraction of sp³-hybridized carbons (Fsp3) is 0.444. The molecule has 0 aliphatic heterocycles. The Hall–Kier alpha value is -1.06. The van der Waals surface area contributed by atoms with E-state index in [1.807, 2.05) is 6.92 Å².